The third-order valence-electron chi connectivity index (χ3n) is 1.21. The molecular formula is C6H4FNO4. The monoisotopic (exact) mass is 173 g/mol. The van der Waals surface area contributed by atoms with Crippen molar-refractivity contribution in [3.8, 4) is 11.5 Å². The van der Waals surface area contributed by atoms with E-state index in [-0.39, 0.29) is 0 Å². The average molecular weight is 173 g/mol. The van der Waals surface area contributed by atoms with Gasteiger partial charge in [0.25, 0.3) is 0 Å². The van der Waals surface area contributed by atoms with E-state index in [1.165, 1.54) is 0 Å². The summed E-state index contributed by atoms with van der Waals surface area (Å²) in [5.74, 6) is -2.72. The highest BCUT2D eigenvalue weighted by atomic mass is 19.1. The Morgan fingerprint density at radius 3 is 2.42 bits per heavy atom. The second-order valence-electron chi connectivity index (χ2n) is 2.05. The Balaban J connectivity index is 3.38. The van der Waals surface area contributed by atoms with Crippen LogP contribution < -0.4 is 0 Å². The smallest absolute Gasteiger partial charge is 0.346 e. The van der Waals surface area contributed by atoms with E-state index in [1.807, 2.05) is 0 Å². The van der Waals surface area contributed by atoms with Crippen LogP contribution >= 0.6 is 0 Å². The van der Waals surface area contributed by atoms with Crippen LogP contribution in [0.2, 0.25) is 0 Å². The van der Waals surface area contributed by atoms with Crippen molar-refractivity contribution in [1.29, 1.82) is 0 Å². The molecule has 0 heterocycles. The molecule has 0 fully saturated rings. The summed E-state index contributed by atoms with van der Waals surface area (Å²) in [6, 6.07) is 1.25. The average Bonchev–Trinajstić information content (AvgIpc) is 1.82. The van der Waals surface area contributed by atoms with E-state index in [0.29, 0.717) is 12.1 Å². The molecule has 0 amide bonds. The molecule has 0 unspecified atom stereocenters. The van der Waals surface area contributed by atoms with Crippen molar-refractivity contribution in [1.82, 2.24) is 0 Å². The van der Waals surface area contributed by atoms with Gasteiger partial charge in [-0.05, 0) is 0 Å². The molecule has 12 heavy (non-hydrogen) atoms. The van der Waals surface area contributed by atoms with Gasteiger partial charge in [-0.2, -0.15) is 4.39 Å². The Hall–Kier alpha value is -1.85. The number of nitro benzene ring substituents is 1. The molecule has 64 valence electrons. The first-order chi connectivity index (χ1) is 5.52. The van der Waals surface area contributed by atoms with Gasteiger partial charge in [-0.15, -0.1) is 0 Å². The summed E-state index contributed by atoms with van der Waals surface area (Å²) in [4.78, 5) is 9.01. The zero-order valence-electron chi connectivity index (χ0n) is 5.69. The number of benzene rings is 1. The molecule has 0 saturated heterocycles. The fourth-order valence-corrected chi connectivity index (χ4v) is 0.751. The minimum atomic E-state index is -1.27. The Labute approximate surface area is 65.8 Å². The lowest BCUT2D eigenvalue weighted by atomic mass is 10.2. The third kappa shape index (κ3) is 1.26. The van der Waals surface area contributed by atoms with Crippen LogP contribution in [-0.4, -0.2) is 15.1 Å². The maximum Gasteiger partial charge on any atom is 0.346 e. The van der Waals surface area contributed by atoms with Crippen LogP contribution in [0.1, 0.15) is 0 Å². The van der Waals surface area contributed by atoms with Gasteiger partial charge in [0.05, 0.1) is 4.92 Å². The first-order valence-electron chi connectivity index (χ1n) is 2.88. The minimum Gasteiger partial charge on any atom is -0.508 e. The van der Waals surface area contributed by atoms with Crippen molar-refractivity contribution in [3.05, 3.63) is 28.1 Å². The number of phenols is 2. The molecular weight excluding hydrogens is 169 g/mol. The van der Waals surface area contributed by atoms with Gasteiger partial charge >= 0.3 is 5.69 Å². The Bertz CT molecular complexity index is 315. The molecule has 0 aromatic heterocycles. The van der Waals surface area contributed by atoms with Gasteiger partial charge in [0.1, 0.15) is 5.75 Å². The van der Waals surface area contributed by atoms with Crippen LogP contribution in [0.3, 0.4) is 0 Å². The van der Waals surface area contributed by atoms with E-state index in [2.05, 4.69) is 0 Å². The highest BCUT2D eigenvalue weighted by Crippen LogP contribution is 2.32. The van der Waals surface area contributed by atoms with Gasteiger partial charge in [-0.3, -0.25) is 10.1 Å². The number of halogens is 1. The molecule has 0 aliphatic rings. The normalized spacial score (nSPS) is 9.75. The molecule has 0 radical (unpaired) electrons. The molecule has 1 rings (SSSR count). The lowest BCUT2D eigenvalue weighted by molar-refractivity contribution is -0.388. The lowest BCUT2D eigenvalue weighted by Gasteiger charge is -1.97. The summed E-state index contributed by atoms with van der Waals surface area (Å²) in [5, 5.41) is 27.6. The summed E-state index contributed by atoms with van der Waals surface area (Å²) in [7, 11) is 0. The number of nitrogens with zero attached hydrogens (tertiary/aromatic N) is 1. The predicted molar refractivity (Wildman–Crippen MR) is 36.4 cm³/mol. The van der Waals surface area contributed by atoms with Crippen LogP contribution in [0.15, 0.2) is 12.1 Å². The van der Waals surface area contributed by atoms with Crippen molar-refractivity contribution in [2.45, 2.75) is 0 Å². The van der Waals surface area contributed by atoms with Crippen molar-refractivity contribution >= 4 is 5.69 Å². The van der Waals surface area contributed by atoms with Gasteiger partial charge < -0.3 is 10.2 Å². The highest BCUT2D eigenvalue weighted by molar-refractivity contribution is 5.50. The Kier molecular flexibility index (Phi) is 1.82. The summed E-state index contributed by atoms with van der Waals surface area (Å²) in [6.07, 6.45) is 0. The number of phenolic OH excluding ortho intramolecular Hbond substituents is 2. The van der Waals surface area contributed by atoms with Gasteiger partial charge in [0.2, 0.25) is 11.6 Å². The Morgan fingerprint density at radius 1 is 1.42 bits per heavy atom. The van der Waals surface area contributed by atoms with E-state index >= 15 is 0 Å². The zero-order valence-corrected chi connectivity index (χ0v) is 5.69. The molecule has 5 nitrogen and oxygen atoms in total. The number of rotatable bonds is 1. The van der Waals surface area contributed by atoms with Crippen LogP contribution in [-0.2, 0) is 0 Å². The second kappa shape index (κ2) is 2.65. The minimum absolute atomic E-state index is 0.553. The lowest BCUT2D eigenvalue weighted by Crippen LogP contribution is -1.92. The molecule has 0 aliphatic carbocycles. The zero-order chi connectivity index (χ0) is 9.30. The molecule has 0 aliphatic heterocycles. The molecule has 1 aromatic rings. The third-order valence-corrected chi connectivity index (χ3v) is 1.21. The summed E-state index contributed by atoms with van der Waals surface area (Å²) in [6.45, 7) is 0. The molecule has 0 atom stereocenters. The van der Waals surface area contributed by atoms with Crippen LogP contribution in [0.25, 0.3) is 0 Å². The number of hydrogen-bond acceptors (Lipinski definition) is 4. The van der Waals surface area contributed by atoms with E-state index in [4.69, 9.17) is 10.2 Å². The molecule has 0 saturated carbocycles. The standard InChI is InChI=1S/C6H4FNO4/c7-4-1-3(9)2-5(10)6(4)8(11)12/h1-2,9-10H. The van der Waals surface area contributed by atoms with E-state index in [9.17, 15) is 14.5 Å². The number of hydrogen-bond donors (Lipinski definition) is 2. The molecule has 0 spiro atoms. The first kappa shape index (κ1) is 8.25. The summed E-state index contributed by atoms with van der Waals surface area (Å²) < 4.78 is 12.6. The number of nitro groups is 1. The van der Waals surface area contributed by atoms with Crippen LogP contribution in [0.5, 0.6) is 11.5 Å². The van der Waals surface area contributed by atoms with Gasteiger partial charge in [-0.25, -0.2) is 0 Å². The van der Waals surface area contributed by atoms with Crippen molar-refractivity contribution in [3.63, 3.8) is 0 Å². The number of aromatic hydroxyl groups is 2. The molecule has 0 bridgehead atoms. The van der Waals surface area contributed by atoms with Crippen molar-refractivity contribution in [2.75, 3.05) is 0 Å². The maximum atomic E-state index is 12.6. The second-order valence-corrected chi connectivity index (χ2v) is 2.05. The molecule has 2 N–H and O–H groups in total. The van der Waals surface area contributed by atoms with E-state index < -0.39 is 27.9 Å². The highest BCUT2D eigenvalue weighted by Gasteiger charge is 2.20. The van der Waals surface area contributed by atoms with Gasteiger partial charge in [0.15, 0.2) is 0 Å². The van der Waals surface area contributed by atoms with Crippen molar-refractivity contribution in [2.24, 2.45) is 0 Å². The van der Waals surface area contributed by atoms with Crippen LogP contribution in [0.4, 0.5) is 10.1 Å². The largest absolute Gasteiger partial charge is 0.508 e. The molecule has 6 heteroatoms. The Morgan fingerprint density at radius 2 is 2.00 bits per heavy atom. The fourth-order valence-electron chi connectivity index (χ4n) is 0.751. The first-order valence-corrected chi connectivity index (χ1v) is 2.88. The SMILES string of the molecule is O=[N+]([O-])c1c(O)cc(O)cc1F. The topological polar surface area (TPSA) is 83.6 Å². The molecule has 1 aromatic carbocycles. The van der Waals surface area contributed by atoms with E-state index in [1.54, 1.807) is 0 Å². The van der Waals surface area contributed by atoms with Gasteiger partial charge in [0, 0.05) is 12.1 Å². The maximum absolute atomic E-state index is 12.6. The predicted octanol–water partition coefficient (Wildman–Crippen LogP) is 1.15. The summed E-state index contributed by atoms with van der Waals surface area (Å²) >= 11 is 0. The van der Waals surface area contributed by atoms with Gasteiger partial charge in [-0.1, -0.05) is 0 Å². The fraction of sp³-hybridized carbons (Fsp3) is 0. The van der Waals surface area contributed by atoms with Crippen molar-refractivity contribution < 1.29 is 19.5 Å². The quantitative estimate of drug-likeness (QED) is 0.492. The summed E-state index contributed by atoms with van der Waals surface area (Å²) in [5.41, 5.74) is -1.03. The van der Waals surface area contributed by atoms with Crippen LogP contribution in [0, 0.1) is 15.9 Å². The van der Waals surface area contributed by atoms with E-state index in [0.717, 1.165) is 0 Å².